The minimum atomic E-state index is -4.50. The van der Waals surface area contributed by atoms with E-state index >= 15 is 0 Å². The molecule has 0 saturated heterocycles. The molecule has 184 valence electrons. The van der Waals surface area contributed by atoms with Crippen LogP contribution in [0.1, 0.15) is 46.6 Å². The SMILES string of the molecule is CCCN(CC(=O)N1CCn2cccc2C1c1cccc(F)c1)C(=O)c1ccc(C(F)(F)F)cc1. The highest BCUT2D eigenvalue weighted by Crippen LogP contribution is 2.33. The Hall–Kier alpha value is -3.62. The third-order valence-electron chi connectivity index (χ3n) is 6.09. The molecule has 1 aromatic heterocycles. The van der Waals surface area contributed by atoms with Crippen LogP contribution in [0.2, 0.25) is 0 Å². The minimum Gasteiger partial charge on any atom is -0.348 e. The zero-order valence-corrected chi connectivity index (χ0v) is 19.1. The Balaban J connectivity index is 1.58. The van der Waals surface area contributed by atoms with E-state index in [9.17, 15) is 27.2 Å². The summed E-state index contributed by atoms with van der Waals surface area (Å²) in [6.07, 6.45) is -2.03. The van der Waals surface area contributed by atoms with Crippen molar-refractivity contribution in [2.24, 2.45) is 0 Å². The number of fused-ring (bicyclic) bond motifs is 1. The molecule has 0 spiro atoms. The number of aromatic nitrogens is 1. The number of carbonyl (C=O) groups is 2. The Labute approximate surface area is 200 Å². The van der Waals surface area contributed by atoms with Gasteiger partial charge in [-0.1, -0.05) is 19.1 Å². The third-order valence-corrected chi connectivity index (χ3v) is 6.09. The Morgan fingerprint density at radius 1 is 1.03 bits per heavy atom. The van der Waals surface area contributed by atoms with Crippen LogP contribution in [-0.2, 0) is 17.5 Å². The van der Waals surface area contributed by atoms with E-state index in [4.69, 9.17) is 0 Å². The van der Waals surface area contributed by atoms with Gasteiger partial charge >= 0.3 is 6.18 Å². The summed E-state index contributed by atoms with van der Waals surface area (Å²) in [6.45, 7) is 2.80. The molecule has 3 aromatic rings. The van der Waals surface area contributed by atoms with Crippen LogP contribution in [0.4, 0.5) is 17.6 Å². The molecule has 5 nitrogen and oxygen atoms in total. The first-order valence-electron chi connectivity index (χ1n) is 11.4. The van der Waals surface area contributed by atoms with Crippen molar-refractivity contribution in [2.45, 2.75) is 32.1 Å². The quantitative estimate of drug-likeness (QED) is 0.453. The minimum absolute atomic E-state index is 0.0773. The molecule has 2 heterocycles. The second-order valence-electron chi connectivity index (χ2n) is 8.47. The second-order valence-corrected chi connectivity index (χ2v) is 8.47. The van der Waals surface area contributed by atoms with E-state index in [1.54, 1.807) is 17.0 Å². The number of amides is 2. The molecule has 1 aliphatic rings. The molecule has 4 rings (SSSR count). The van der Waals surface area contributed by atoms with Gasteiger partial charge in [-0.3, -0.25) is 9.59 Å². The Kier molecular flexibility index (Phi) is 6.95. The zero-order valence-electron chi connectivity index (χ0n) is 19.1. The third kappa shape index (κ3) is 5.23. The predicted molar refractivity (Wildman–Crippen MR) is 122 cm³/mol. The fraction of sp³-hybridized carbons (Fsp3) is 0.308. The van der Waals surface area contributed by atoms with Crippen molar-refractivity contribution in [3.63, 3.8) is 0 Å². The van der Waals surface area contributed by atoms with Gasteiger partial charge in [-0.15, -0.1) is 0 Å². The lowest BCUT2D eigenvalue weighted by atomic mass is 9.99. The van der Waals surface area contributed by atoms with Crippen LogP contribution in [0.3, 0.4) is 0 Å². The van der Waals surface area contributed by atoms with Gasteiger partial charge in [0.1, 0.15) is 12.4 Å². The van der Waals surface area contributed by atoms with Crippen molar-refractivity contribution in [1.29, 1.82) is 0 Å². The summed E-state index contributed by atoms with van der Waals surface area (Å²) < 4.78 is 54.7. The molecule has 0 N–H and O–H groups in total. The number of hydrogen-bond acceptors (Lipinski definition) is 2. The van der Waals surface area contributed by atoms with Gasteiger partial charge in [-0.25, -0.2) is 4.39 Å². The maximum Gasteiger partial charge on any atom is 0.416 e. The maximum absolute atomic E-state index is 14.0. The molecule has 2 aromatic carbocycles. The molecule has 0 aliphatic carbocycles. The van der Waals surface area contributed by atoms with E-state index in [0.29, 0.717) is 25.1 Å². The lowest BCUT2D eigenvalue weighted by molar-refractivity contribution is -0.137. The summed E-state index contributed by atoms with van der Waals surface area (Å²) in [6, 6.07) is 13.3. The molecule has 35 heavy (non-hydrogen) atoms. The molecule has 0 fully saturated rings. The van der Waals surface area contributed by atoms with Crippen molar-refractivity contribution >= 4 is 11.8 Å². The van der Waals surface area contributed by atoms with Gasteiger partial charge in [0.15, 0.2) is 0 Å². The number of nitrogens with zero attached hydrogens (tertiary/aromatic N) is 3. The van der Waals surface area contributed by atoms with Gasteiger partial charge in [-0.2, -0.15) is 13.2 Å². The van der Waals surface area contributed by atoms with Crippen molar-refractivity contribution in [2.75, 3.05) is 19.6 Å². The number of halogens is 4. The number of alkyl halides is 3. The summed E-state index contributed by atoms with van der Waals surface area (Å²) in [5.74, 6) is -1.25. The second kappa shape index (κ2) is 9.93. The molecule has 2 amide bonds. The van der Waals surface area contributed by atoms with Crippen molar-refractivity contribution < 1.29 is 27.2 Å². The van der Waals surface area contributed by atoms with Gasteiger partial charge in [0.2, 0.25) is 5.91 Å². The molecule has 1 aliphatic heterocycles. The monoisotopic (exact) mass is 487 g/mol. The van der Waals surface area contributed by atoms with Gasteiger partial charge < -0.3 is 14.4 Å². The highest BCUT2D eigenvalue weighted by atomic mass is 19.4. The van der Waals surface area contributed by atoms with Gasteiger partial charge in [0.05, 0.1) is 11.6 Å². The van der Waals surface area contributed by atoms with Crippen LogP contribution >= 0.6 is 0 Å². The molecule has 0 saturated carbocycles. The van der Waals surface area contributed by atoms with Crippen LogP contribution < -0.4 is 0 Å². The van der Waals surface area contributed by atoms with Crippen LogP contribution in [0.25, 0.3) is 0 Å². The topological polar surface area (TPSA) is 45.6 Å². The summed E-state index contributed by atoms with van der Waals surface area (Å²) in [5, 5.41) is 0. The highest BCUT2D eigenvalue weighted by Gasteiger charge is 2.34. The molecule has 0 bridgehead atoms. The fourth-order valence-electron chi connectivity index (χ4n) is 4.44. The first kappa shape index (κ1) is 24.5. The first-order chi connectivity index (χ1) is 16.7. The maximum atomic E-state index is 14.0. The van der Waals surface area contributed by atoms with Crippen LogP contribution in [0.15, 0.2) is 66.9 Å². The largest absolute Gasteiger partial charge is 0.416 e. The number of benzene rings is 2. The Bertz CT molecular complexity index is 1200. The van der Waals surface area contributed by atoms with E-state index < -0.39 is 29.5 Å². The highest BCUT2D eigenvalue weighted by molar-refractivity contribution is 5.96. The molecule has 1 atom stereocenters. The predicted octanol–water partition coefficient (Wildman–Crippen LogP) is 5.13. The molecule has 9 heteroatoms. The van der Waals surface area contributed by atoms with Gasteiger partial charge in [0, 0.05) is 37.1 Å². The fourth-order valence-corrected chi connectivity index (χ4v) is 4.44. The van der Waals surface area contributed by atoms with Crippen molar-refractivity contribution in [3.05, 3.63) is 95.1 Å². The molecular weight excluding hydrogens is 462 g/mol. The summed E-state index contributed by atoms with van der Waals surface area (Å²) in [4.78, 5) is 29.6. The first-order valence-corrected chi connectivity index (χ1v) is 11.4. The van der Waals surface area contributed by atoms with Crippen molar-refractivity contribution in [3.8, 4) is 0 Å². The van der Waals surface area contributed by atoms with Crippen LogP contribution in [0.5, 0.6) is 0 Å². The lowest BCUT2D eigenvalue weighted by Crippen LogP contribution is -2.48. The summed E-state index contributed by atoms with van der Waals surface area (Å²) in [7, 11) is 0. The van der Waals surface area contributed by atoms with E-state index in [1.165, 1.54) is 17.0 Å². The van der Waals surface area contributed by atoms with Crippen LogP contribution in [-0.4, -0.2) is 45.8 Å². The summed E-state index contributed by atoms with van der Waals surface area (Å²) >= 11 is 0. The summed E-state index contributed by atoms with van der Waals surface area (Å²) in [5.41, 5.74) is 0.690. The molecule has 0 radical (unpaired) electrons. The zero-order chi connectivity index (χ0) is 25.2. The van der Waals surface area contributed by atoms with Gasteiger partial charge in [0.25, 0.3) is 5.91 Å². The van der Waals surface area contributed by atoms with Crippen LogP contribution in [0, 0.1) is 5.82 Å². The smallest absolute Gasteiger partial charge is 0.348 e. The number of hydrogen-bond donors (Lipinski definition) is 0. The van der Waals surface area contributed by atoms with Crippen molar-refractivity contribution in [1.82, 2.24) is 14.4 Å². The Morgan fingerprint density at radius 2 is 1.77 bits per heavy atom. The van der Waals surface area contributed by atoms with E-state index in [-0.39, 0.29) is 24.6 Å². The van der Waals surface area contributed by atoms with E-state index in [2.05, 4.69) is 0 Å². The number of carbonyl (C=O) groups excluding carboxylic acids is 2. The average Bonchev–Trinajstić information content (AvgIpc) is 3.31. The van der Waals surface area contributed by atoms with E-state index in [1.807, 2.05) is 29.8 Å². The molecule has 1 unspecified atom stereocenters. The van der Waals surface area contributed by atoms with E-state index in [0.717, 1.165) is 30.0 Å². The number of rotatable bonds is 6. The normalized spacial score (nSPS) is 15.6. The lowest BCUT2D eigenvalue weighted by Gasteiger charge is -2.38. The Morgan fingerprint density at radius 3 is 2.43 bits per heavy atom. The van der Waals surface area contributed by atoms with Gasteiger partial charge in [-0.05, 0) is 60.5 Å². The standard InChI is InChI=1S/C26H25F4N3O2/c1-2-12-32(25(35)18-8-10-20(11-9-18)26(28,29)30)17-23(34)33-15-14-31-13-4-7-22(31)24(33)19-5-3-6-21(27)16-19/h3-11,13,16,24H,2,12,14-15,17H2,1H3. The average molecular weight is 487 g/mol. The molecular formula is C26H25F4N3O2.